The molecule has 2 aromatic carbocycles. The van der Waals surface area contributed by atoms with E-state index >= 15 is 0 Å². The zero-order valence-corrected chi connectivity index (χ0v) is 17.6. The molecule has 31 heavy (non-hydrogen) atoms. The summed E-state index contributed by atoms with van der Waals surface area (Å²) in [5.74, 6) is -0.804. The summed E-state index contributed by atoms with van der Waals surface area (Å²) in [7, 11) is 0. The fourth-order valence-electron chi connectivity index (χ4n) is 3.61. The minimum Gasteiger partial charge on any atom is -0.503 e. The van der Waals surface area contributed by atoms with E-state index in [2.05, 4.69) is 4.98 Å². The molecule has 7 heteroatoms. The Morgan fingerprint density at radius 3 is 2.52 bits per heavy atom. The Balaban J connectivity index is 1.81. The average molecular weight is 430 g/mol. The molecule has 0 aliphatic rings. The van der Waals surface area contributed by atoms with Gasteiger partial charge in [-0.3, -0.25) is 9.36 Å². The van der Waals surface area contributed by atoms with Crippen molar-refractivity contribution >= 4 is 27.3 Å². The van der Waals surface area contributed by atoms with Crippen molar-refractivity contribution in [2.45, 2.75) is 13.8 Å². The smallest absolute Gasteiger partial charge is 0.242 e. The number of thiazole rings is 1. The van der Waals surface area contributed by atoms with Gasteiger partial charge >= 0.3 is 0 Å². The van der Waals surface area contributed by atoms with E-state index in [1.165, 1.54) is 15.9 Å². The van der Waals surface area contributed by atoms with Gasteiger partial charge in [-0.15, -0.1) is 0 Å². The van der Waals surface area contributed by atoms with E-state index < -0.39 is 17.4 Å². The van der Waals surface area contributed by atoms with Crippen LogP contribution in [0.5, 0.6) is 11.6 Å². The molecule has 0 saturated heterocycles. The number of nitrogens with zero attached hydrogens (tertiary/aromatic N) is 2. The highest BCUT2D eigenvalue weighted by Crippen LogP contribution is 2.45. The summed E-state index contributed by atoms with van der Waals surface area (Å²) in [5.41, 5.74) is 2.83. The fraction of sp³-hybridized carbons (Fsp3) is 0.0833. The van der Waals surface area contributed by atoms with Gasteiger partial charge in [0.05, 0.1) is 21.5 Å². The van der Waals surface area contributed by atoms with Crippen molar-refractivity contribution in [3.63, 3.8) is 0 Å². The molecule has 3 heterocycles. The molecule has 0 saturated carbocycles. The SMILES string of the molecule is Cc1ccc2nc(-n3c(O)c(O)c(C(=O)c4ccc(C)o4)c3-c3ccccc3)sc2c1. The van der Waals surface area contributed by atoms with E-state index in [4.69, 9.17) is 4.42 Å². The predicted octanol–water partition coefficient (Wildman–Crippen LogP) is 5.61. The van der Waals surface area contributed by atoms with Gasteiger partial charge in [-0.2, -0.15) is 0 Å². The zero-order valence-electron chi connectivity index (χ0n) is 16.8. The van der Waals surface area contributed by atoms with Crippen LogP contribution in [0.2, 0.25) is 0 Å². The number of aryl methyl sites for hydroxylation is 2. The predicted molar refractivity (Wildman–Crippen MR) is 119 cm³/mol. The summed E-state index contributed by atoms with van der Waals surface area (Å²) >= 11 is 1.37. The Morgan fingerprint density at radius 2 is 1.81 bits per heavy atom. The highest BCUT2D eigenvalue weighted by molar-refractivity contribution is 7.20. The fourth-order valence-corrected chi connectivity index (χ4v) is 4.69. The van der Waals surface area contributed by atoms with Crippen molar-refractivity contribution in [3.8, 4) is 28.0 Å². The van der Waals surface area contributed by atoms with Gasteiger partial charge < -0.3 is 14.6 Å². The topological polar surface area (TPSA) is 88.5 Å². The molecule has 0 atom stereocenters. The van der Waals surface area contributed by atoms with Crippen molar-refractivity contribution in [1.82, 2.24) is 9.55 Å². The number of fused-ring (bicyclic) bond motifs is 1. The molecule has 0 aliphatic carbocycles. The first-order valence-electron chi connectivity index (χ1n) is 9.65. The standard InChI is InChI=1S/C24H18N2O4S/c1-13-8-10-16-18(12-13)31-24(25-16)26-20(15-6-4-3-5-7-15)19(22(28)23(26)29)21(27)17-11-9-14(2)30-17/h3-12,28-29H,1-2H3. The van der Waals surface area contributed by atoms with Gasteiger partial charge in [0.2, 0.25) is 11.7 Å². The van der Waals surface area contributed by atoms with Crippen molar-refractivity contribution in [1.29, 1.82) is 0 Å². The lowest BCUT2D eigenvalue weighted by Gasteiger charge is -2.08. The van der Waals surface area contributed by atoms with Crippen LogP contribution >= 0.6 is 11.3 Å². The molecule has 0 aliphatic heterocycles. The lowest BCUT2D eigenvalue weighted by atomic mass is 10.0. The average Bonchev–Trinajstić information content (AvgIpc) is 3.44. The second-order valence-electron chi connectivity index (χ2n) is 7.30. The molecule has 6 nitrogen and oxygen atoms in total. The number of ketones is 1. The Morgan fingerprint density at radius 1 is 1.03 bits per heavy atom. The Labute approximate surface area is 181 Å². The van der Waals surface area contributed by atoms with Gasteiger partial charge in [0, 0.05) is 0 Å². The first-order chi connectivity index (χ1) is 14.9. The summed E-state index contributed by atoms with van der Waals surface area (Å²) in [6.45, 7) is 3.73. The van der Waals surface area contributed by atoms with E-state index in [-0.39, 0.29) is 11.3 Å². The Kier molecular flexibility index (Phi) is 4.41. The summed E-state index contributed by atoms with van der Waals surface area (Å²) < 4.78 is 7.86. The minimum atomic E-state index is -0.518. The Hall–Kier alpha value is -3.84. The second kappa shape index (κ2) is 7.14. The molecule has 0 unspecified atom stereocenters. The van der Waals surface area contributed by atoms with Crippen LogP contribution in [0.4, 0.5) is 0 Å². The summed E-state index contributed by atoms with van der Waals surface area (Å²) in [5, 5.41) is 22.2. The first-order valence-corrected chi connectivity index (χ1v) is 10.5. The van der Waals surface area contributed by atoms with Crippen LogP contribution in [0.25, 0.3) is 26.6 Å². The van der Waals surface area contributed by atoms with E-state index in [1.807, 2.05) is 55.5 Å². The maximum atomic E-state index is 13.3. The van der Waals surface area contributed by atoms with Crippen LogP contribution in [0.3, 0.4) is 0 Å². The molecule has 154 valence electrons. The molecule has 0 spiro atoms. The highest BCUT2D eigenvalue weighted by atomic mass is 32.1. The maximum absolute atomic E-state index is 13.3. The number of aromatic hydroxyl groups is 2. The number of hydrogen-bond acceptors (Lipinski definition) is 6. The number of rotatable bonds is 4. The molecule has 2 N–H and O–H groups in total. The number of hydrogen-bond donors (Lipinski definition) is 2. The van der Waals surface area contributed by atoms with E-state index in [0.29, 0.717) is 22.1 Å². The van der Waals surface area contributed by atoms with Crippen molar-refractivity contribution in [2.24, 2.45) is 0 Å². The Bertz CT molecular complexity index is 1440. The number of carbonyl (C=O) groups excluding carboxylic acids is 1. The second-order valence-corrected chi connectivity index (χ2v) is 8.31. The van der Waals surface area contributed by atoms with E-state index in [9.17, 15) is 15.0 Å². The molecule has 0 radical (unpaired) electrons. The van der Waals surface area contributed by atoms with Crippen LogP contribution in [-0.4, -0.2) is 25.5 Å². The number of benzene rings is 2. The first kappa shape index (κ1) is 19.1. The lowest BCUT2D eigenvalue weighted by Crippen LogP contribution is -2.04. The van der Waals surface area contributed by atoms with E-state index in [0.717, 1.165) is 15.8 Å². The van der Waals surface area contributed by atoms with Gasteiger partial charge in [0.15, 0.2) is 16.6 Å². The lowest BCUT2D eigenvalue weighted by molar-refractivity contribution is 0.101. The van der Waals surface area contributed by atoms with Crippen LogP contribution in [0.1, 0.15) is 27.4 Å². The molecule has 3 aromatic heterocycles. The van der Waals surface area contributed by atoms with Crippen LogP contribution < -0.4 is 0 Å². The highest BCUT2D eigenvalue weighted by Gasteiger charge is 2.32. The van der Waals surface area contributed by atoms with Gasteiger partial charge in [0.1, 0.15) is 5.76 Å². The summed E-state index contributed by atoms with van der Waals surface area (Å²) in [6.07, 6.45) is 0. The summed E-state index contributed by atoms with van der Waals surface area (Å²) in [4.78, 5) is 17.9. The quantitative estimate of drug-likeness (QED) is 0.362. The van der Waals surface area contributed by atoms with Crippen LogP contribution in [0.15, 0.2) is 65.1 Å². The molecular weight excluding hydrogens is 412 g/mol. The minimum absolute atomic E-state index is 0.0338. The molecular formula is C24H18N2O4S. The largest absolute Gasteiger partial charge is 0.503 e. The third-order valence-electron chi connectivity index (χ3n) is 5.08. The number of furan rings is 1. The van der Waals surface area contributed by atoms with Gasteiger partial charge in [-0.05, 0) is 49.2 Å². The molecule has 0 fully saturated rings. The normalized spacial score (nSPS) is 11.3. The van der Waals surface area contributed by atoms with Crippen molar-refractivity contribution in [2.75, 3.05) is 0 Å². The van der Waals surface area contributed by atoms with Crippen molar-refractivity contribution in [3.05, 3.63) is 83.3 Å². The van der Waals surface area contributed by atoms with Crippen LogP contribution in [0, 0.1) is 13.8 Å². The zero-order chi connectivity index (χ0) is 21.7. The van der Waals surface area contributed by atoms with E-state index in [1.54, 1.807) is 19.1 Å². The monoisotopic (exact) mass is 430 g/mol. The van der Waals surface area contributed by atoms with Crippen molar-refractivity contribution < 1.29 is 19.4 Å². The van der Waals surface area contributed by atoms with Gasteiger partial charge in [-0.25, -0.2) is 4.98 Å². The summed E-state index contributed by atoms with van der Waals surface area (Å²) in [6, 6.07) is 18.3. The maximum Gasteiger partial charge on any atom is 0.242 e. The van der Waals surface area contributed by atoms with Gasteiger partial charge in [-0.1, -0.05) is 47.7 Å². The van der Waals surface area contributed by atoms with Gasteiger partial charge in [0.25, 0.3) is 0 Å². The van der Waals surface area contributed by atoms with Crippen LogP contribution in [-0.2, 0) is 0 Å². The molecule has 0 bridgehead atoms. The number of carbonyl (C=O) groups is 1. The third kappa shape index (κ3) is 3.10. The molecule has 5 rings (SSSR count). The third-order valence-corrected chi connectivity index (χ3v) is 6.09. The molecule has 0 amide bonds. The number of aromatic nitrogens is 2. The molecule has 5 aromatic rings.